The molecular weight excluding hydrogens is 381 g/mol. The number of carbonyl (C=O) groups is 1. The number of alkyl halides is 3. The molecular formula is C18H17F3N2O3S. The van der Waals surface area contributed by atoms with Crippen LogP contribution in [0.5, 0.6) is 0 Å². The van der Waals surface area contributed by atoms with Gasteiger partial charge < -0.3 is 5.32 Å². The number of nitrogens with zero attached hydrogens (tertiary/aromatic N) is 1. The molecule has 1 amide bonds. The number of non-ortho nitro benzene ring substituents is 1. The molecule has 2 rings (SSSR count). The Kier molecular flexibility index (Phi) is 6.15. The predicted molar refractivity (Wildman–Crippen MR) is 98.0 cm³/mol. The van der Waals surface area contributed by atoms with Gasteiger partial charge >= 0.3 is 6.18 Å². The molecule has 9 heteroatoms. The third kappa shape index (κ3) is 5.22. The molecule has 0 aromatic heterocycles. The van der Waals surface area contributed by atoms with Gasteiger partial charge in [-0.3, -0.25) is 14.9 Å². The van der Waals surface area contributed by atoms with E-state index in [-0.39, 0.29) is 0 Å². The summed E-state index contributed by atoms with van der Waals surface area (Å²) < 4.78 is 39.6. The molecule has 0 aliphatic carbocycles. The van der Waals surface area contributed by atoms with Crippen LogP contribution in [0.25, 0.3) is 0 Å². The van der Waals surface area contributed by atoms with Gasteiger partial charge in [-0.15, -0.1) is 11.8 Å². The summed E-state index contributed by atoms with van der Waals surface area (Å²) in [6, 6.07) is 7.87. The number of carbonyl (C=O) groups excluding carboxylic acids is 1. The Morgan fingerprint density at radius 2 is 1.81 bits per heavy atom. The maximum atomic E-state index is 13.2. The number of halogens is 3. The van der Waals surface area contributed by atoms with E-state index in [1.165, 1.54) is 11.8 Å². The van der Waals surface area contributed by atoms with Gasteiger partial charge in [0.15, 0.2) is 0 Å². The molecule has 0 heterocycles. The molecule has 5 nitrogen and oxygen atoms in total. The van der Waals surface area contributed by atoms with Gasteiger partial charge in [-0.05, 0) is 50.1 Å². The minimum atomic E-state index is -4.83. The highest BCUT2D eigenvalue weighted by Crippen LogP contribution is 2.37. The van der Waals surface area contributed by atoms with E-state index >= 15 is 0 Å². The number of hydrogen-bond donors (Lipinski definition) is 1. The molecule has 2 aromatic rings. The Labute approximate surface area is 158 Å². The Morgan fingerprint density at radius 3 is 2.37 bits per heavy atom. The number of nitro benzene ring substituents is 1. The van der Waals surface area contributed by atoms with Crippen LogP contribution >= 0.6 is 11.8 Å². The summed E-state index contributed by atoms with van der Waals surface area (Å²) >= 11 is 1.21. The van der Waals surface area contributed by atoms with Gasteiger partial charge in [-0.2, -0.15) is 13.2 Å². The first-order valence-electron chi connectivity index (χ1n) is 7.89. The summed E-state index contributed by atoms with van der Waals surface area (Å²) in [5.74, 6) is -0.627. The van der Waals surface area contributed by atoms with Gasteiger partial charge in [0.2, 0.25) is 5.91 Å². The topological polar surface area (TPSA) is 72.2 Å². The highest BCUT2D eigenvalue weighted by molar-refractivity contribution is 8.00. The standard InChI is InChI=1S/C18H17F3N2O3S/c1-10-4-6-14(8-11(10)2)27-12(3)17(24)22-16-7-5-13(23(25)26)9-15(16)18(19,20)21/h4-9,12H,1-3H3,(H,22,24). The van der Waals surface area contributed by atoms with Crippen LogP contribution < -0.4 is 5.32 Å². The second kappa shape index (κ2) is 7.99. The van der Waals surface area contributed by atoms with E-state index in [0.717, 1.165) is 28.2 Å². The monoisotopic (exact) mass is 398 g/mol. The average molecular weight is 398 g/mol. The van der Waals surface area contributed by atoms with Crippen molar-refractivity contribution in [2.45, 2.75) is 37.1 Å². The van der Waals surface area contributed by atoms with Crippen molar-refractivity contribution >= 4 is 29.0 Å². The first kappa shape index (κ1) is 20.8. The van der Waals surface area contributed by atoms with E-state index in [0.29, 0.717) is 6.07 Å². The van der Waals surface area contributed by atoms with Crippen molar-refractivity contribution in [1.82, 2.24) is 0 Å². The number of benzene rings is 2. The minimum Gasteiger partial charge on any atom is -0.325 e. The van der Waals surface area contributed by atoms with E-state index in [2.05, 4.69) is 5.32 Å². The van der Waals surface area contributed by atoms with Gasteiger partial charge in [-0.1, -0.05) is 6.07 Å². The number of amides is 1. The predicted octanol–water partition coefficient (Wildman–Crippen LogP) is 5.35. The lowest BCUT2D eigenvalue weighted by molar-refractivity contribution is -0.385. The zero-order chi connectivity index (χ0) is 20.4. The Balaban J connectivity index is 2.21. The second-order valence-electron chi connectivity index (χ2n) is 5.98. The number of nitrogens with one attached hydrogen (secondary N) is 1. The fourth-order valence-corrected chi connectivity index (χ4v) is 3.23. The molecule has 0 aliphatic rings. The van der Waals surface area contributed by atoms with Gasteiger partial charge in [0.1, 0.15) is 0 Å². The lowest BCUT2D eigenvalue weighted by atomic mass is 10.1. The number of aryl methyl sites for hydroxylation is 2. The molecule has 1 N–H and O–H groups in total. The highest BCUT2D eigenvalue weighted by Gasteiger charge is 2.36. The third-order valence-electron chi connectivity index (χ3n) is 3.94. The Bertz CT molecular complexity index is 885. The van der Waals surface area contributed by atoms with Crippen molar-refractivity contribution in [2.24, 2.45) is 0 Å². The number of anilines is 1. The molecule has 27 heavy (non-hydrogen) atoms. The van der Waals surface area contributed by atoms with Gasteiger partial charge in [-0.25, -0.2) is 0 Å². The van der Waals surface area contributed by atoms with Crippen LogP contribution in [-0.2, 0) is 11.0 Å². The summed E-state index contributed by atoms with van der Waals surface area (Å²) in [4.78, 5) is 23.0. The van der Waals surface area contributed by atoms with E-state index in [9.17, 15) is 28.1 Å². The zero-order valence-corrected chi connectivity index (χ0v) is 15.6. The van der Waals surface area contributed by atoms with E-state index in [1.54, 1.807) is 6.92 Å². The van der Waals surface area contributed by atoms with Crippen LogP contribution in [0.2, 0.25) is 0 Å². The third-order valence-corrected chi connectivity index (χ3v) is 5.03. The fourth-order valence-electron chi connectivity index (χ4n) is 2.27. The summed E-state index contributed by atoms with van der Waals surface area (Å²) in [5, 5.41) is 12.3. The van der Waals surface area contributed by atoms with Crippen molar-refractivity contribution < 1.29 is 22.9 Å². The first-order valence-corrected chi connectivity index (χ1v) is 8.77. The van der Waals surface area contributed by atoms with Gasteiger partial charge in [0, 0.05) is 17.0 Å². The van der Waals surface area contributed by atoms with Crippen LogP contribution in [0.4, 0.5) is 24.5 Å². The van der Waals surface area contributed by atoms with E-state index in [4.69, 9.17) is 0 Å². The molecule has 144 valence electrons. The van der Waals surface area contributed by atoms with Gasteiger partial charge in [0.05, 0.1) is 21.4 Å². The van der Waals surface area contributed by atoms with Crippen LogP contribution in [0.1, 0.15) is 23.6 Å². The number of hydrogen-bond acceptors (Lipinski definition) is 4. The zero-order valence-electron chi connectivity index (χ0n) is 14.8. The first-order chi connectivity index (χ1) is 12.5. The lowest BCUT2D eigenvalue weighted by Gasteiger charge is -2.16. The molecule has 0 aliphatic heterocycles. The van der Waals surface area contributed by atoms with Crippen molar-refractivity contribution in [1.29, 1.82) is 0 Å². The quantitative estimate of drug-likeness (QED) is 0.419. The normalized spacial score (nSPS) is 12.5. The minimum absolute atomic E-state index is 0.413. The maximum Gasteiger partial charge on any atom is 0.418 e. The number of rotatable bonds is 5. The Morgan fingerprint density at radius 1 is 1.15 bits per heavy atom. The van der Waals surface area contributed by atoms with Crippen molar-refractivity contribution in [3.05, 3.63) is 63.2 Å². The molecule has 1 atom stereocenters. The average Bonchev–Trinajstić information content (AvgIpc) is 2.57. The van der Waals surface area contributed by atoms with Crippen LogP contribution in [-0.4, -0.2) is 16.1 Å². The summed E-state index contributed by atoms with van der Waals surface area (Å²) in [6.07, 6.45) is -4.83. The molecule has 0 saturated carbocycles. The SMILES string of the molecule is Cc1ccc(SC(C)C(=O)Nc2ccc([N+](=O)[O-])cc2C(F)(F)F)cc1C. The molecule has 1 unspecified atom stereocenters. The molecule has 0 saturated heterocycles. The maximum absolute atomic E-state index is 13.2. The molecule has 0 radical (unpaired) electrons. The lowest BCUT2D eigenvalue weighted by Crippen LogP contribution is -2.24. The molecule has 0 spiro atoms. The van der Waals surface area contributed by atoms with Crippen LogP contribution in [0.3, 0.4) is 0 Å². The van der Waals surface area contributed by atoms with Crippen molar-refractivity contribution in [3.63, 3.8) is 0 Å². The summed E-state index contributed by atoms with van der Waals surface area (Å²) in [5.41, 5.74) is -0.323. The summed E-state index contributed by atoms with van der Waals surface area (Å²) in [7, 11) is 0. The van der Waals surface area contributed by atoms with Gasteiger partial charge in [0.25, 0.3) is 5.69 Å². The molecule has 0 bridgehead atoms. The van der Waals surface area contributed by atoms with Crippen molar-refractivity contribution in [3.8, 4) is 0 Å². The van der Waals surface area contributed by atoms with E-state index < -0.39 is 39.2 Å². The smallest absolute Gasteiger partial charge is 0.325 e. The van der Waals surface area contributed by atoms with Crippen molar-refractivity contribution in [2.75, 3.05) is 5.32 Å². The fraction of sp³-hybridized carbons (Fsp3) is 0.278. The molecule has 0 fully saturated rings. The van der Waals surface area contributed by atoms with Crippen LogP contribution in [0, 0.1) is 24.0 Å². The Hall–Kier alpha value is -2.55. The highest BCUT2D eigenvalue weighted by atomic mass is 32.2. The van der Waals surface area contributed by atoms with E-state index in [1.807, 2.05) is 32.0 Å². The molecule has 2 aromatic carbocycles. The number of thioether (sulfide) groups is 1. The second-order valence-corrected chi connectivity index (χ2v) is 7.39. The number of nitro groups is 1. The summed E-state index contributed by atoms with van der Waals surface area (Å²) in [6.45, 7) is 5.46. The van der Waals surface area contributed by atoms with Crippen LogP contribution in [0.15, 0.2) is 41.3 Å². The largest absolute Gasteiger partial charge is 0.418 e.